The van der Waals surface area contributed by atoms with Gasteiger partial charge in [0.25, 0.3) is 0 Å². The average Bonchev–Trinajstić information content (AvgIpc) is 2.60. The molecule has 0 radical (unpaired) electrons. The number of nitrogens with zero attached hydrogens (tertiary/aromatic N) is 1. The highest BCUT2D eigenvalue weighted by Crippen LogP contribution is 2.26. The van der Waals surface area contributed by atoms with Gasteiger partial charge in [-0.3, -0.25) is 0 Å². The second kappa shape index (κ2) is 5.61. The van der Waals surface area contributed by atoms with Gasteiger partial charge in [0.1, 0.15) is 4.99 Å². The number of hydrogen-bond acceptors (Lipinski definition) is 2. The molecule has 0 atom stereocenters. The van der Waals surface area contributed by atoms with Gasteiger partial charge in [0.15, 0.2) is 11.6 Å². The number of benzene rings is 1. The molecule has 1 aliphatic heterocycles. The summed E-state index contributed by atoms with van der Waals surface area (Å²) in [6, 6.07) is 3.03. The third-order valence-corrected chi connectivity index (χ3v) is 3.49. The van der Waals surface area contributed by atoms with Crippen LogP contribution >= 0.6 is 12.2 Å². The molecule has 1 saturated heterocycles. The standard InChI is InChI=1S/C13H16F2N2S/c14-11-9(13(16)18)5-6-10(12(11)15)17-7-3-1-2-4-8-17/h5-6H,1-4,7-8H2,(H2,16,18). The van der Waals surface area contributed by atoms with E-state index in [4.69, 9.17) is 5.73 Å². The Morgan fingerprint density at radius 1 is 1.06 bits per heavy atom. The molecule has 1 aromatic rings. The van der Waals surface area contributed by atoms with Crippen LogP contribution in [0.25, 0.3) is 0 Å². The lowest BCUT2D eigenvalue weighted by Gasteiger charge is -2.23. The molecule has 0 unspecified atom stereocenters. The molecule has 1 aromatic carbocycles. The molecular weight excluding hydrogens is 254 g/mol. The summed E-state index contributed by atoms with van der Waals surface area (Å²) < 4.78 is 27.8. The fourth-order valence-electron chi connectivity index (χ4n) is 2.29. The van der Waals surface area contributed by atoms with E-state index >= 15 is 0 Å². The fraction of sp³-hybridized carbons (Fsp3) is 0.462. The first kappa shape index (κ1) is 13.2. The molecule has 2 N–H and O–H groups in total. The smallest absolute Gasteiger partial charge is 0.182 e. The zero-order valence-corrected chi connectivity index (χ0v) is 10.9. The van der Waals surface area contributed by atoms with Gasteiger partial charge < -0.3 is 10.6 Å². The van der Waals surface area contributed by atoms with Crippen LogP contribution in [-0.2, 0) is 0 Å². The van der Waals surface area contributed by atoms with E-state index in [0.29, 0.717) is 5.69 Å². The molecule has 1 aliphatic rings. The Hall–Kier alpha value is -1.23. The number of nitrogens with two attached hydrogens (primary N) is 1. The van der Waals surface area contributed by atoms with E-state index in [1.807, 2.05) is 4.90 Å². The molecule has 1 fully saturated rings. The van der Waals surface area contributed by atoms with Crippen molar-refractivity contribution in [1.29, 1.82) is 0 Å². The van der Waals surface area contributed by atoms with Crippen LogP contribution in [-0.4, -0.2) is 18.1 Å². The minimum Gasteiger partial charge on any atom is -0.389 e. The van der Waals surface area contributed by atoms with Crippen molar-refractivity contribution in [3.8, 4) is 0 Å². The van der Waals surface area contributed by atoms with Crippen molar-refractivity contribution in [3.63, 3.8) is 0 Å². The predicted octanol–water partition coefficient (Wildman–Crippen LogP) is 2.98. The first-order valence-electron chi connectivity index (χ1n) is 6.14. The quantitative estimate of drug-likeness (QED) is 0.838. The van der Waals surface area contributed by atoms with Gasteiger partial charge in [-0.2, -0.15) is 0 Å². The first-order valence-corrected chi connectivity index (χ1v) is 6.55. The molecule has 0 aliphatic carbocycles. The van der Waals surface area contributed by atoms with E-state index in [-0.39, 0.29) is 10.6 Å². The Morgan fingerprint density at radius 3 is 2.22 bits per heavy atom. The summed E-state index contributed by atoms with van der Waals surface area (Å²) in [6.07, 6.45) is 4.31. The molecule has 0 spiro atoms. The molecule has 0 amide bonds. The molecule has 2 nitrogen and oxygen atoms in total. The second-order valence-electron chi connectivity index (χ2n) is 4.53. The lowest BCUT2D eigenvalue weighted by molar-refractivity contribution is 0.504. The van der Waals surface area contributed by atoms with Gasteiger partial charge in [-0.05, 0) is 25.0 Å². The topological polar surface area (TPSA) is 29.3 Å². The molecule has 2 rings (SSSR count). The molecule has 0 bridgehead atoms. The lowest BCUT2D eigenvalue weighted by Crippen LogP contribution is -2.26. The molecular formula is C13H16F2N2S. The molecule has 0 aromatic heterocycles. The third-order valence-electron chi connectivity index (χ3n) is 3.27. The molecule has 5 heteroatoms. The van der Waals surface area contributed by atoms with Crippen molar-refractivity contribution in [1.82, 2.24) is 0 Å². The van der Waals surface area contributed by atoms with Crippen LogP contribution < -0.4 is 10.6 Å². The third kappa shape index (κ3) is 2.61. The summed E-state index contributed by atoms with van der Waals surface area (Å²) in [5, 5.41) is 0. The highest BCUT2D eigenvalue weighted by Gasteiger charge is 2.19. The number of thiocarbonyl (C=S) groups is 1. The van der Waals surface area contributed by atoms with Gasteiger partial charge in [-0.15, -0.1) is 0 Å². The Bertz CT molecular complexity index is 455. The van der Waals surface area contributed by atoms with E-state index < -0.39 is 11.6 Å². The zero-order chi connectivity index (χ0) is 13.1. The van der Waals surface area contributed by atoms with Crippen LogP contribution in [0.15, 0.2) is 12.1 Å². The summed E-state index contributed by atoms with van der Waals surface area (Å²) in [6.45, 7) is 1.53. The van der Waals surface area contributed by atoms with Gasteiger partial charge in [-0.1, -0.05) is 25.1 Å². The summed E-state index contributed by atoms with van der Waals surface area (Å²) in [4.78, 5) is 1.78. The van der Waals surface area contributed by atoms with Crippen molar-refractivity contribution in [3.05, 3.63) is 29.3 Å². The minimum absolute atomic E-state index is 0.0268. The van der Waals surface area contributed by atoms with Crippen molar-refractivity contribution < 1.29 is 8.78 Å². The van der Waals surface area contributed by atoms with Crippen LogP contribution in [0.5, 0.6) is 0 Å². The average molecular weight is 270 g/mol. The van der Waals surface area contributed by atoms with Crippen molar-refractivity contribution >= 4 is 22.9 Å². The van der Waals surface area contributed by atoms with Gasteiger partial charge in [0.05, 0.1) is 5.69 Å². The Labute approximate surface area is 111 Å². The maximum absolute atomic E-state index is 14.0. The first-order chi connectivity index (χ1) is 8.61. The number of rotatable bonds is 2. The lowest BCUT2D eigenvalue weighted by atomic mass is 10.1. The predicted molar refractivity (Wildman–Crippen MR) is 72.9 cm³/mol. The van der Waals surface area contributed by atoms with Gasteiger partial charge in [-0.25, -0.2) is 8.78 Å². The minimum atomic E-state index is -0.941. The van der Waals surface area contributed by atoms with E-state index in [0.717, 1.165) is 38.8 Å². The highest BCUT2D eigenvalue weighted by atomic mass is 32.1. The monoisotopic (exact) mass is 270 g/mol. The Kier molecular flexibility index (Phi) is 4.11. The van der Waals surface area contributed by atoms with E-state index in [2.05, 4.69) is 12.2 Å². The maximum Gasteiger partial charge on any atom is 0.182 e. The summed E-state index contributed by atoms with van der Waals surface area (Å²) in [7, 11) is 0. The molecule has 0 saturated carbocycles. The van der Waals surface area contributed by atoms with Crippen molar-refractivity contribution in [2.75, 3.05) is 18.0 Å². The normalized spacial score (nSPS) is 16.4. The number of anilines is 1. The number of halogens is 2. The maximum atomic E-state index is 14.0. The highest BCUT2D eigenvalue weighted by molar-refractivity contribution is 7.80. The zero-order valence-electron chi connectivity index (χ0n) is 10.1. The summed E-state index contributed by atoms with van der Waals surface area (Å²) >= 11 is 4.69. The Morgan fingerprint density at radius 2 is 1.67 bits per heavy atom. The van der Waals surface area contributed by atoms with Gasteiger partial charge in [0, 0.05) is 18.7 Å². The van der Waals surface area contributed by atoms with Crippen LogP contribution in [0.2, 0.25) is 0 Å². The van der Waals surface area contributed by atoms with Gasteiger partial charge >= 0.3 is 0 Å². The fourth-order valence-corrected chi connectivity index (χ4v) is 2.44. The SMILES string of the molecule is NC(=S)c1ccc(N2CCCCCC2)c(F)c1F. The summed E-state index contributed by atoms with van der Waals surface area (Å²) in [5.41, 5.74) is 5.64. The van der Waals surface area contributed by atoms with Crippen LogP contribution in [0.3, 0.4) is 0 Å². The van der Waals surface area contributed by atoms with E-state index in [9.17, 15) is 8.78 Å². The number of hydrogen-bond donors (Lipinski definition) is 1. The van der Waals surface area contributed by atoms with E-state index in [1.54, 1.807) is 6.07 Å². The Balaban J connectivity index is 2.33. The molecule has 1 heterocycles. The van der Waals surface area contributed by atoms with Crippen LogP contribution in [0.1, 0.15) is 31.2 Å². The van der Waals surface area contributed by atoms with Crippen molar-refractivity contribution in [2.24, 2.45) is 5.73 Å². The van der Waals surface area contributed by atoms with Crippen LogP contribution in [0.4, 0.5) is 14.5 Å². The molecule has 18 heavy (non-hydrogen) atoms. The summed E-state index contributed by atoms with van der Waals surface area (Å²) in [5.74, 6) is -1.79. The van der Waals surface area contributed by atoms with Gasteiger partial charge in [0.2, 0.25) is 0 Å². The van der Waals surface area contributed by atoms with Crippen molar-refractivity contribution in [2.45, 2.75) is 25.7 Å². The second-order valence-corrected chi connectivity index (χ2v) is 4.97. The largest absolute Gasteiger partial charge is 0.389 e. The molecule has 98 valence electrons. The van der Waals surface area contributed by atoms with E-state index in [1.165, 1.54) is 6.07 Å². The van der Waals surface area contributed by atoms with Crippen LogP contribution in [0, 0.1) is 11.6 Å².